The Hall–Kier alpha value is -3.06. The smallest absolute Gasteiger partial charge is 0.241 e. The molecule has 2 atom stereocenters. The van der Waals surface area contributed by atoms with Gasteiger partial charge in [0.1, 0.15) is 11.6 Å². The van der Waals surface area contributed by atoms with Crippen LogP contribution in [-0.4, -0.2) is 53.8 Å². The summed E-state index contributed by atoms with van der Waals surface area (Å²) in [5.74, 6) is -0.934. The lowest BCUT2D eigenvalue weighted by molar-refractivity contribution is -0.136. The Kier molecular flexibility index (Phi) is 5.98. The summed E-state index contributed by atoms with van der Waals surface area (Å²) >= 11 is 0. The van der Waals surface area contributed by atoms with Crippen LogP contribution in [-0.2, 0) is 9.59 Å². The molecule has 2 amide bonds. The van der Waals surface area contributed by atoms with Gasteiger partial charge in [-0.1, -0.05) is 36.4 Å². The van der Waals surface area contributed by atoms with E-state index < -0.39 is 17.7 Å². The normalized spacial score (nSPS) is 20.9. The van der Waals surface area contributed by atoms with Crippen LogP contribution in [0.25, 0.3) is 5.57 Å². The Morgan fingerprint density at radius 2 is 1.82 bits per heavy atom. The highest BCUT2D eigenvalue weighted by molar-refractivity contribution is 5.88. The third-order valence-corrected chi connectivity index (χ3v) is 6.78. The van der Waals surface area contributed by atoms with Crippen LogP contribution in [0, 0.1) is 17.6 Å². The Labute approximate surface area is 192 Å². The van der Waals surface area contributed by atoms with Crippen molar-refractivity contribution in [2.45, 2.75) is 31.3 Å². The first-order chi connectivity index (χ1) is 16.0. The van der Waals surface area contributed by atoms with Crippen LogP contribution in [0.4, 0.5) is 8.78 Å². The van der Waals surface area contributed by atoms with Crippen molar-refractivity contribution in [2.24, 2.45) is 5.92 Å². The number of nitrogens with zero attached hydrogens (tertiary/aromatic N) is 2. The van der Waals surface area contributed by atoms with Gasteiger partial charge in [-0.3, -0.25) is 14.9 Å². The number of amides is 2. The third-order valence-electron chi connectivity index (χ3n) is 6.78. The van der Waals surface area contributed by atoms with Crippen LogP contribution < -0.4 is 5.32 Å². The molecule has 2 aromatic carbocycles. The summed E-state index contributed by atoms with van der Waals surface area (Å²) in [5.41, 5.74) is 1.67. The average Bonchev–Trinajstić information content (AvgIpc) is 3.52. The molecule has 2 aliphatic heterocycles. The summed E-state index contributed by atoms with van der Waals surface area (Å²) in [4.78, 5) is 29.6. The van der Waals surface area contributed by atoms with E-state index in [1.165, 1.54) is 6.07 Å². The second kappa shape index (κ2) is 9.06. The number of hydrogen-bond acceptors (Lipinski definition) is 3. The second-order valence-electron chi connectivity index (χ2n) is 9.07. The molecule has 0 spiro atoms. The molecule has 2 fully saturated rings. The molecule has 3 aliphatic rings. The van der Waals surface area contributed by atoms with Gasteiger partial charge >= 0.3 is 0 Å². The van der Waals surface area contributed by atoms with Gasteiger partial charge in [0.25, 0.3) is 0 Å². The first-order valence-corrected chi connectivity index (χ1v) is 11.5. The van der Waals surface area contributed by atoms with E-state index in [0.717, 1.165) is 50.0 Å². The van der Waals surface area contributed by atoms with E-state index in [4.69, 9.17) is 0 Å². The highest BCUT2D eigenvalue weighted by Gasteiger charge is 2.42. The summed E-state index contributed by atoms with van der Waals surface area (Å²) < 4.78 is 28.4. The molecule has 1 saturated carbocycles. The third kappa shape index (κ3) is 4.55. The van der Waals surface area contributed by atoms with Crippen LogP contribution in [0.1, 0.15) is 36.4 Å². The number of nitrogens with one attached hydrogen (secondary N) is 1. The molecule has 2 heterocycles. The molecule has 172 valence electrons. The fourth-order valence-electron chi connectivity index (χ4n) is 4.61. The number of benzene rings is 2. The Bertz CT molecular complexity index is 1080. The summed E-state index contributed by atoms with van der Waals surface area (Å²) in [6, 6.07) is 12.1. The molecule has 1 unspecified atom stereocenters. The number of halogens is 2. The quantitative estimate of drug-likeness (QED) is 0.701. The highest BCUT2D eigenvalue weighted by atomic mass is 19.1. The van der Waals surface area contributed by atoms with E-state index in [-0.39, 0.29) is 42.4 Å². The Morgan fingerprint density at radius 1 is 1.06 bits per heavy atom. The van der Waals surface area contributed by atoms with Gasteiger partial charge in [-0.25, -0.2) is 8.78 Å². The molecule has 1 saturated heterocycles. The fraction of sp³-hybridized carbons (Fsp3) is 0.385. The molecule has 1 aliphatic carbocycles. The maximum atomic E-state index is 14.5. The number of rotatable bonds is 7. The molecule has 1 N–H and O–H groups in total. The number of carbonyl (C=O) groups is 2. The molecule has 0 bridgehead atoms. The van der Waals surface area contributed by atoms with Crippen molar-refractivity contribution in [3.05, 3.63) is 77.4 Å². The number of carbonyl (C=O) groups excluding carboxylic acids is 2. The monoisotopic (exact) mass is 451 g/mol. The lowest BCUT2D eigenvalue weighted by Gasteiger charge is -2.33. The first-order valence-electron chi connectivity index (χ1n) is 11.5. The van der Waals surface area contributed by atoms with Gasteiger partial charge in [0.05, 0.1) is 18.6 Å². The van der Waals surface area contributed by atoms with Crippen LogP contribution in [0.15, 0.2) is 54.6 Å². The lowest BCUT2D eigenvalue weighted by atomic mass is 10.0. The molecule has 0 radical (unpaired) electrons. The second-order valence-corrected chi connectivity index (χ2v) is 9.07. The summed E-state index contributed by atoms with van der Waals surface area (Å²) in [6.07, 6.45) is 4.74. The standard InChI is InChI=1S/C26H27F2N3O2/c27-20-9-10-22(28)21(14-20)19-13-23(17-5-2-1-3-6-17)31(16-19)26(33)25(18-7-8-18)29-15-24(32)30-11-4-12-30/h1-3,5-6,9-10,13-14,18,23,25,29H,4,7-8,11-12,15-16H2/t23-,25?/m0/s1. The van der Waals surface area contributed by atoms with Crippen LogP contribution in [0.5, 0.6) is 0 Å². The van der Waals surface area contributed by atoms with Crippen molar-refractivity contribution in [2.75, 3.05) is 26.2 Å². The molecular weight excluding hydrogens is 424 g/mol. The van der Waals surface area contributed by atoms with Gasteiger partial charge in [-0.2, -0.15) is 0 Å². The molecule has 5 nitrogen and oxygen atoms in total. The summed E-state index contributed by atoms with van der Waals surface area (Å²) in [5, 5.41) is 3.21. The molecule has 33 heavy (non-hydrogen) atoms. The average molecular weight is 452 g/mol. The number of hydrogen-bond donors (Lipinski definition) is 1. The largest absolute Gasteiger partial charge is 0.341 e. The Balaban J connectivity index is 1.40. The predicted octanol–water partition coefficient (Wildman–Crippen LogP) is 3.53. The molecule has 2 aromatic rings. The summed E-state index contributed by atoms with van der Waals surface area (Å²) in [7, 11) is 0. The van der Waals surface area contributed by atoms with E-state index in [1.807, 2.05) is 36.4 Å². The van der Waals surface area contributed by atoms with Crippen molar-refractivity contribution < 1.29 is 18.4 Å². The van der Waals surface area contributed by atoms with E-state index in [9.17, 15) is 18.4 Å². The topological polar surface area (TPSA) is 52.7 Å². The minimum Gasteiger partial charge on any atom is -0.341 e. The maximum Gasteiger partial charge on any atom is 0.241 e. The van der Waals surface area contributed by atoms with Crippen LogP contribution >= 0.6 is 0 Å². The molecule has 5 rings (SSSR count). The van der Waals surface area contributed by atoms with E-state index in [2.05, 4.69) is 5.32 Å². The van der Waals surface area contributed by atoms with Gasteiger partial charge in [-0.15, -0.1) is 0 Å². The molecular formula is C26H27F2N3O2. The van der Waals surface area contributed by atoms with Crippen molar-refractivity contribution in [1.29, 1.82) is 0 Å². The zero-order valence-electron chi connectivity index (χ0n) is 18.3. The zero-order chi connectivity index (χ0) is 22.9. The zero-order valence-corrected chi connectivity index (χ0v) is 18.3. The highest BCUT2D eigenvalue weighted by Crippen LogP contribution is 2.39. The van der Waals surface area contributed by atoms with Gasteiger partial charge in [-0.05, 0) is 54.5 Å². The van der Waals surface area contributed by atoms with Crippen LogP contribution in [0.3, 0.4) is 0 Å². The van der Waals surface area contributed by atoms with Crippen LogP contribution in [0.2, 0.25) is 0 Å². The predicted molar refractivity (Wildman–Crippen MR) is 121 cm³/mol. The van der Waals surface area contributed by atoms with Gasteiger partial charge in [0, 0.05) is 25.2 Å². The maximum absolute atomic E-state index is 14.5. The fourth-order valence-corrected chi connectivity index (χ4v) is 4.61. The summed E-state index contributed by atoms with van der Waals surface area (Å²) in [6.45, 7) is 1.87. The van der Waals surface area contributed by atoms with Gasteiger partial charge in [0.15, 0.2) is 0 Å². The lowest BCUT2D eigenvalue weighted by Crippen LogP contribution is -2.52. The molecule has 0 aromatic heterocycles. The Morgan fingerprint density at radius 3 is 2.48 bits per heavy atom. The number of likely N-dealkylation sites (tertiary alicyclic amines) is 1. The van der Waals surface area contributed by atoms with E-state index in [0.29, 0.717) is 5.57 Å². The van der Waals surface area contributed by atoms with E-state index in [1.54, 1.807) is 9.80 Å². The molecule has 7 heteroatoms. The van der Waals surface area contributed by atoms with Crippen molar-refractivity contribution in [3.8, 4) is 0 Å². The first kappa shape index (κ1) is 21.8. The van der Waals surface area contributed by atoms with Gasteiger partial charge < -0.3 is 9.80 Å². The van der Waals surface area contributed by atoms with Crippen molar-refractivity contribution >= 4 is 17.4 Å². The van der Waals surface area contributed by atoms with E-state index >= 15 is 0 Å². The van der Waals surface area contributed by atoms with Crippen molar-refractivity contribution in [3.63, 3.8) is 0 Å². The van der Waals surface area contributed by atoms with Gasteiger partial charge in [0.2, 0.25) is 11.8 Å². The van der Waals surface area contributed by atoms with Crippen molar-refractivity contribution in [1.82, 2.24) is 15.1 Å². The minimum absolute atomic E-state index is 0.0152. The minimum atomic E-state index is -0.518. The SMILES string of the molecule is O=C(CNC(C(=O)N1CC(c2cc(F)ccc2F)=C[C@H]1c1ccccc1)C1CC1)N1CCC1.